The number of rotatable bonds is 6. The van der Waals surface area contributed by atoms with E-state index < -0.39 is 0 Å². The van der Waals surface area contributed by atoms with Gasteiger partial charge in [-0.1, -0.05) is 0 Å². The zero-order valence-electron chi connectivity index (χ0n) is 16.8. The molecule has 29 heavy (non-hydrogen) atoms. The third-order valence-electron chi connectivity index (χ3n) is 4.93. The van der Waals surface area contributed by atoms with E-state index in [1.54, 1.807) is 20.3 Å². The average Bonchev–Trinajstić information content (AvgIpc) is 2.80. The van der Waals surface area contributed by atoms with Gasteiger partial charge in [0.2, 0.25) is 5.95 Å². The van der Waals surface area contributed by atoms with Gasteiger partial charge in [0.1, 0.15) is 11.5 Å². The highest BCUT2D eigenvalue weighted by Gasteiger charge is 2.24. The van der Waals surface area contributed by atoms with E-state index in [9.17, 15) is 0 Å². The van der Waals surface area contributed by atoms with Crippen LogP contribution in [0.2, 0.25) is 0 Å². The zero-order valence-corrected chi connectivity index (χ0v) is 16.8. The number of benzene rings is 1. The maximum Gasteiger partial charge on any atom is 0.249 e. The van der Waals surface area contributed by atoms with Gasteiger partial charge in [0.25, 0.3) is 0 Å². The molecule has 0 aliphatic carbocycles. The molecule has 0 spiro atoms. The van der Waals surface area contributed by atoms with Crippen molar-refractivity contribution >= 4 is 23.3 Å². The number of anilines is 4. The first kappa shape index (κ1) is 19.5. The van der Waals surface area contributed by atoms with Crippen molar-refractivity contribution in [2.75, 3.05) is 81.9 Å². The van der Waals surface area contributed by atoms with Crippen LogP contribution in [-0.4, -0.2) is 82.0 Å². The molecule has 10 nitrogen and oxygen atoms in total. The number of morpholine rings is 2. The molecule has 0 bridgehead atoms. The Hall–Kier alpha value is -2.85. The summed E-state index contributed by atoms with van der Waals surface area (Å²) in [4.78, 5) is 9.17. The molecule has 1 aromatic heterocycles. The molecule has 0 radical (unpaired) electrons. The second-order valence-corrected chi connectivity index (χ2v) is 6.67. The first-order chi connectivity index (χ1) is 14.3. The molecule has 0 saturated carbocycles. The van der Waals surface area contributed by atoms with Crippen molar-refractivity contribution in [2.24, 2.45) is 0 Å². The van der Waals surface area contributed by atoms with Crippen molar-refractivity contribution < 1.29 is 18.9 Å². The zero-order chi connectivity index (χ0) is 20.1. The first-order valence-electron chi connectivity index (χ1n) is 9.67. The maximum absolute atomic E-state index is 5.50. The molecule has 2 aliphatic heterocycles. The van der Waals surface area contributed by atoms with Crippen LogP contribution in [0.5, 0.6) is 11.5 Å². The molecule has 2 fully saturated rings. The quantitative estimate of drug-likeness (QED) is 0.762. The Morgan fingerprint density at radius 2 is 1.52 bits per heavy atom. The van der Waals surface area contributed by atoms with Crippen molar-refractivity contribution in [3.05, 3.63) is 18.2 Å². The lowest BCUT2D eigenvalue weighted by molar-refractivity contribution is 0.120. The standard InChI is InChI=1S/C19H26N6O4/c1-26-14-3-4-15(16(13-14)27-2)20-19-21-17(24-5-9-28-10-6-24)18(22-23-19)25-7-11-29-12-8-25/h3-4,13H,5-12H2,1-2H3,(H,20,21,23). The van der Waals surface area contributed by atoms with Crippen molar-refractivity contribution in [3.63, 3.8) is 0 Å². The summed E-state index contributed by atoms with van der Waals surface area (Å²) in [6, 6.07) is 5.52. The lowest BCUT2D eigenvalue weighted by atomic mass is 10.2. The monoisotopic (exact) mass is 402 g/mol. The molecular weight excluding hydrogens is 376 g/mol. The van der Waals surface area contributed by atoms with Crippen molar-refractivity contribution in [2.45, 2.75) is 0 Å². The maximum atomic E-state index is 5.50. The Labute approximate surface area is 169 Å². The fraction of sp³-hybridized carbons (Fsp3) is 0.526. The van der Waals surface area contributed by atoms with Crippen LogP contribution in [0.25, 0.3) is 0 Å². The predicted molar refractivity (Wildman–Crippen MR) is 109 cm³/mol. The van der Waals surface area contributed by atoms with Crippen LogP contribution in [0.3, 0.4) is 0 Å². The molecule has 0 atom stereocenters. The van der Waals surface area contributed by atoms with Gasteiger partial charge < -0.3 is 34.1 Å². The van der Waals surface area contributed by atoms with Crippen LogP contribution in [0.1, 0.15) is 0 Å². The fourth-order valence-electron chi connectivity index (χ4n) is 3.35. The van der Waals surface area contributed by atoms with Crippen LogP contribution >= 0.6 is 0 Å². The molecule has 4 rings (SSSR count). The van der Waals surface area contributed by atoms with Crippen LogP contribution in [0.4, 0.5) is 23.3 Å². The number of nitrogens with one attached hydrogen (secondary N) is 1. The van der Waals surface area contributed by atoms with E-state index in [1.165, 1.54) is 0 Å². The van der Waals surface area contributed by atoms with Gasteiger partial charge >= 0.3 is 0 Å². The number of hydrogen-bond donors (Lipinski definition) is 1. The molecule has 2 aromatic rings. The number of methoxy groups -OCH3 is 2. The number of hydrogen-bond acceptors (Lipinski definition) is 10. The lowest BCUT2D eigenvalue weighted by Gasteiger charge is -2.33. The highest BCUT2D eigenvalue weighted by Crippen LogP contribution is 2.32. The van der Waals surface area contributed by atoms with Crippen LogP contribution < -0.4 is 24.6 Å². The summed E-state index contributed by atoms with van der Waals surface area (Å²) in [5.74, 6) is 3.34. The Bertz CT molecular complexity index is 824. The molecule has 156 valence electrons. The van der Waals surface area contributed by atoms with Crippen molar-refractivity contribution in [1.29, 1.82) is 0 Å². The summed E-state index contributed by atoms with van der Waals surface area (Å²) in [5.41, 5.74) is 0.738. The van der Waals surface area contributed by atoms with Gasteiger partial charge in [0, 0.05) is 32.2 Å². The van der Waals surface area contributed by atoms with Gasteiger partial charge in [-0.3, -0.25) is 0 Å². The van der Waals surface area contributed by atoms with Gasteiger partial charge in [-0.15, -0.1) is 10.2 Å². The topological polar surface area (TPSA) is 94.1 Å². The summed E-state index contributed by atoms with van der Waals surface area (Å²) in [6.07, 6.45) is 0. The van der Waals surface area contributed by atoms with Crippen LogP contribution in [-0.2, 0) is 9.47 Å². The Kier molecular flexibility index (Phi) is 6.11. The Balaban J connectivity index is 1.64. The molecule has 1 N–H and O–H groups in total. The molecule has 2 saturated heterocycles. The van der Waals surface area contributed by atoms with Gasteiger partial charge in [0.05, 0.1) is 46.3 Å². The van der Waals surface area contributed by atoms with Gasteiger partial charge in [-0.25, -0.2) is 0 Å². The van der Waals surface area contributed by atoms with E-state index in [0.29, 0.717) is 43.9 Å². The second-order valence-electron chi connectivity index (χ2n) is 6.67. The molecule has 1 aromatic carbocycles. The third-order valence-corrected chi connectivity index (χ3v) is 4.93. The predicted octanol–water partition coefficient (Wildman–Crippen LogP) is 1.31. The fourth-order valence-corrected chi connectivity index (χ4v) is 3.35. The summed E-state index contributed by atoms with van der Waals surface area (Å²) >= 11 is 0. The van der Waals surface area contributed by atoms with E-state index in [2.05, 4.69) is 25.3 Å². The molecule has 0 amide bonds. The highest BCUT2D eigenvalue weighted by molar-refractivity contribution is 5.68. The third kappa shape index (κ3) is 4.43. The number of nitrogens with zero attached hydrogens (tertiary/aromatic N) is 5. The summed E-state index contributed by atoms with van der Waals surface area (Å²) in [7, 11) is 3.23. The summed E-state index contributed by atoms with van der Waals surface area (Å²) in [6.45, 7) is 5.76. The van der Waals surface area contributed by atoms with Crippen molar-refractivity contribution in [3.8, 4) is 11.5 Å². The smallest absolute Gasteiger partial charge is 0.249 e. The van der Waals surface area contributed by atoms with E-state index in [0.717, 1.165) is 43.5 Å². The highest BCUT2D eigenvalue weighted by atomic mass is 16.5. The second kappa shape index (κ2) is 9.10. The molecule has 10 heteroatoms. The normalized spacial score (nSPS) is 17.2. The Morgan fingerprint density at radius 3 is 2.14 bits per heavy atom. The average molecular weight is 402 g/mol. The van der Waals surface area contributed by atoms with E-state index in [1.807, 2.05) is 12.1 Å². The molecule has 2 aliphatic rings. The first-order valence-corrected chi connectivity index (χ1v) is 9.67. The Morgan fingerprint density at radius 1 is 0.862 bits per heavy atom. The van der Waals surface area contributed by atoms with Crippen LogP contribution in [0, 0.1) is 0 Å². The van der Waals surface area contributed by atoms with E-state index in [4.69, 9.17) is 23.9 Å². The van der Waals surface area contributed by atoms with E-state index >= 15 is 0 Å². The van der Waals surface area contributed by atoms with E-state index in [-0.39, 0.29) is 0 Å². The minimum Gasteiger partial charge on any atom is -0.497 e. The SMILES string of the molecule is COc1ccc(Nc2nnc(N3CCOCC3)c(N3CCOCC3)n2)c(OC)c1. The van der Waals surface area contributed by atoms with Crippen molar-refractivity contribution in [1.82, 2.24) is 15.2 Å². The lowest BCUT2D eigenvalue weighted by Crippen LogP contribution is -2.41. The molecule has 3 heterocycles. The summed E-state index contributed by atoms with van der Waals surface area (Å²) in [5, 5.41) is 12.1. The molecular formula is C19H26N6O4. The number of ether oxygens (including phenoxy) is 4. The molecule has 0 unspecified atom stereocenters. The van der Waals surface area contributed by atoms with Gasteiger partial charge in [0.15, 0.2) is 11.6 Å². The minimum atomic E-state index is 0.409. The van der Waals surface area contributed by atoms with Gasteiger partial charge in [-0.2, -0.15) is 4.98 Å². The largest absolute Gasteiger partial charge is 0.497 e. The summed E-state index contributed by atoms with van der Waals surface area (Å²) < 4.78 is 21.7. The minimum absolute atomic E-state index is 0.409. The number of aromatic nitrogens is 3. The van der Waals surface area contributed by atoms with Gasteiger partial charge in [-0.05, 0) is 12.1 Å². The van der Waals surface area contributed by atoms with Crippen LogP contribution in [0.15, 0.2) is 18.2 Å².